The van der Waals surface area contributed by atoms with Gasteiger partial charge in [-0.25, -0.2) is 12.8 Å². The molecule has 0 unspecified atom stereocenters. The third-order valence-electron chi connectivity index (χ3n) is 2.10. The van der Waals surface area contributed by atoms with Gasteiger partial charge in [-0.15, -0.1) is 0 Å². The van der Waals surface area contributed by atoms with Crippen LogP contribution < -0.4 is 4.72 Å². The van der Waals surface area contributed by atoms with Gasteiger partial charge in [-0.1, -0.05) is 32.9 Å². The highest BCUT2D eigenvalue weighted by Gasteiger charge is 2.21. The fraction of sp³-hybridized carbons (Fsp3) is 0.455. The normalized spacial score (nSPS) is 12.6. The van der Waals surface area contributed by atoms with Crippen molar-refractivity contribution in [1.29, 1.82) is 0 Å². The molecule has 16 heavy (non-hydrogen) atoms. The second-order valence-corrected chi connectivity index (χ2v) is 6.54. The van der Waals surface area contributed by atoms with Crippen LogP contribution in [0, 0.1) is 5.82 Å². The van der Waals surface area contributed by atoms with Crippen molar-refractivity contribution < 1.29 is 12.8 Å². The lowest BCUT2D eigenvalue weighted by molar-refractivity contribution is 0.525. The summed E-state index contributed by atoms with van der Waals surface area (Å²) in [5.74, 6) is -0.513. The van der Waals surface area contributed by atoms with Crippen molar-refractivity contribution in [3.8, 4) is 0 Å². The van der Waals surface area contributed by atoms with E-state index in [1.807, 2.05) is 20.8 Å². The molecular weight excluding hydrogens is 229 g/mol. The van der Waals surface area contributed by atoms with Crippen LogP contribution in [0.3, 0.4) is 0 Å². The van der Waals surface area contributed by atoms with E-state index in [4.69, 9.17) is 0 Å². The van der Waals surface area contributed by atoms with E-state index in [0.717, 1.165) is 6.26 Å². The van der Waals surface area contributed by atoms with Crippen molar-refractivity contribution in [2.24, 2.45) is 0 Å². The second-order valence-electron chi connectivity index (χ2n) is 4.79. The zero-order valence-corrected chi connectivity index (χ0v) is 10.7. The first-order valence-electron chi connectivity index (χ1n) is 4.88. The summed E-state index contributed by atoms with van der Waals surface area (Å²) in [6, 6.07) is 4.70. The fourth-order valence-electron chi connectivity index (χ4n) is 1.39. The minimum atomic E-state index is -3.45. The molecule has 0 atom stereocenters. The Morgan fingerprint density at radius 3 is 2.25 bits per heavy atom. The van der Waals surface area contributed by atoms with Gasteiger partial charge in [0.2, 0.25) is 10.0 Å². The molecule has 0 radical (unpaired) electrons. The molecule has 0 spiro atoms. The van der Waals surface area contributed by atoms with Gasteiger partial charge < -0.3 is 0 Å². The highest BCUT2D eigenvalue weighted by molar-refractivity contribution is 7.92. The van der Waals surface area contributed by atoms with Crippen LogP contribution in [0.5, 0.6) is 0 Å². The number of rotatable bonds is 2. The van der Waals surface area contributed by atoms with Gasteiger partial charge in [0.25, 0.3) is 0 Å². The maximum Gasteiger partial charge on any atom is 0.229 e. The van der Waals surface area contributed by atoms with Crippen molar-refractivity contribution in [1.82, 2.24) is 0 Å². The minimum Gasteiger partial charge on any atom is -0.281 e. The highest BCUT2D eigenvalue weighted by Crippen LogP contribution is 2.29. The third kappa shape index (κ3) is 3.20. The van der Waals surface area contributed by atoms with Crippen LogP contribution >= 0.6 is 0 Å². The topological polar surface area (TPSA) is 46.2 Å². The Hall–Kier alpha value is -1.10. The van der Waals surface area contributed by atoms with Crippen molar-refractivity contribution in [3.05, 3.63) is 29.6 Å². The van der Waals surface area contributed by atoms with Crippen LogP contribution in [0.2, 0.25) is 0 Å². The monoisotopic (exact) mass is 245 g/mol. The molecule has 0 heterocycles. The Morgan fingerprint density at radius 1 is 1.25 bits per heavy atom. The molecule has 1 aromatic carbocycles. The summed E-state index contributed by atoms with van der Waals surface area (Å²) in [7, 11) is -3.45. The molecule has 0 saturated carbocycles. The lowest BCUT2D eigenvalue weighted by Crippen LogP contribution is -2.17. The molecule has 1 N–H and O–H groups in total. The smallest absolute Gasteiger partial charge is 0.229 e. The van der Waals surface area contributed by atoms with E-state index in [0.29, 0.717) is 5.56 Å². The van der Waals surface area contributed by atoms with E-state index >= 15 is 0 Å². The Labute approximate surface area is 95.7 Å². The van der Waals surface area contributed by atoms with E-state index in [1.165, 1.54) is 6.07 Å². The first-order valence-corrected chi connectivity index (χ1v) is 6.77. The predicted octanol–water partition coefficient (Wildman–Crippen LogP) is 2.49. The van der Waals surface area contributed by atoms with Gasteiger partial charge in [0.05, 0.1) is 11.9 Å². The Bertz CT molecular complexity index is 489. The molecule has 0 aromatic heterocycles. The van der Waals surface area contributed by atoms with E-state index in [1.54, 1.807) is 12.1 Å². The molecule has 1 rings (SSSR count). The van der Waals surface area contributed by atoms with Crippen molar-refractivity contribution in [2.75, 3.05) is 11.0 Å². The molecular formula is C11H16FNO2S. The number of sulfonamides is 1. The molecule has 1 aromatic rings. The van der Waals surface area contributed by atoms with Gasteiger partial charge >= 0.3 is 0 Å². The quantitative estimate of drug-likeness (QED) is 0.870. The number of nitrogens with one attached hydrogen (secondary N) is 1. The lowest BCUT2D eigenvalue weighted by Gasteiger charge is -2.21. The Kier molecular flexibility index (Phi) is 3.28. The molecule has 0 amide bonds. The van der Waals surface area contributed by atoms with Gasteiger partial charge in [-0.05, 0) is 17.0 Å². The van der Waals surface area contributed by atoms with E-state index in [2.05, 4.69) is 4.72 Å². The van der Waals surface area contributed by atoms with Crippen LogP contribution in [0.1, 0.15) is 26.3 Å². The fourth-order valence-corrected chi connectivity index (χ4v) is 1.95. The van der Waals surface area contributed by atoms with Gasteiger partial charge in [0.1, 0.15) is 0 Å². The van der Waals surface area contributed by atoms with Crippen molar-refractivity contribution in [3.63, 3.8) is 0 Å². The third-order valence-corrected chi connectivity index (χ3v) is 2.69. The zero-order valence-electron chi connectivity index (χ0n) is 9.83. The molecule has 0 aliphatic rings. The number of hydrogen-bond acceptors (Lipinski definition) is 2. The lowest BCUT2D eigenvalue weighted by atomic mass is 9.86. The molecule has 3 nitrogen and oxygen atoms in total. The summed E-state index contributed by atoms with van der Waals surface area (Å²) < 4.78 is 38.2. The minimum absolute atomic E-state index is 0.00470. The van der Waals surface area contributed by atoms with E-state index in [-0.39, 0.29) is 11.1 Å². The van der Waals surface area contributed by atoms with Crippen LogP contribution in [-0.2, 0) is 15.4 Å². The van der Waals surface area contributed by atoms with Crippen molar-refractivity contribution in [2.45, 2.75) is 26.2 Å². The summed E-state index contributed by atoms with van der Waals surface area (Å²) in [6.07, 6.45) is 0.996. The van der Waals surface area contributed by atoms with Gasteiger partial charge in [-0.3, -0.25) is 4.72 Å². The average Bonchev–Trinajstić information content (AvgIpc) is 2.04. The van der Waals surface area contributed by atoms with Crippen molar-refractivity contribution >= 4 is 15.7 Å². The summed E-state index contributed by atoms with van der Waals surface area (Å²) in [5, 5.41) is 0. The summed E-state index contributed by atoms with van der Waals surface area (Å²) in [6.45, 7) is 5.61. The van der Waals surface area contributed by atoms with Gasteiger partial charge in [0, 0.05) is 0 Å². The average molecular weight is 245 g/mol. The molecule has 0 fully saturated rings. The molecule has 0 aliphatic carbocycles. The van der Waals surface area contributed by atoms with Crippen LogP contribution in [-0.4, -0.2) is 14.7 Å². The first-order chi connectivity index (χ1) is 7.11. The van der Waals surface area contributed by atoms with E-state index < -0.39 is 15.8 Å². The number of benzene rings is 1. The number of anilines is 1. The standard InChI is InChI=1S/C11H16FNO2S/c1-11(2,3)8-6-5-7-9(10(8)12)13-16(4,14)15/h5-7,13H,1-4H3. The summed E-state index contributed by atoms with van der Waals surface area (Å²) in [4.78, 5) is 0. The maximum atomic E-state index is 14.0. The Balaban J connectivity index is 3.25. The molecule has 0 saturated heterocycles. The molecule has 90 valence electrons. The van der Waals surface area contributed by atoms with Gasteiger partial charge in [-0.2, -0.15) is 0 Å². The number of halogens is 1. The molecule has 0 aliphatic heterocycles. The van der Waals surface area contributed by atoms with Gasteiger partial charge in [0.15, 0.2) is 5.82 Å². The van der Waals surface area contributed by atoms with Crippen LogP contribution in [0.25, 0.3) is 0 Å². The second kappa shape index (κ2) is 4.05. The SMILES string of the molecule is CC(C)(C)c1cccc(NS(C)(=O)=O)c1F. The predicted molar refractivity (Wildman–Crippen MR) is 63.6 cm³/mol. The highest BCUT2D eigenvalue weighted by atomic mass is 32.2. The maximum absolute atomic E-state index is 14.0. The molecule has 0 bridgehead atoms. The summed E-state index contributed by atoms with van der Waals surface area (Å²) >= 11 is 0. The van der Waals surface area contributed by atoms with Crippen LogP contribution in [0.4, 0.5) is 10.1 Å². The molecule has 5 heteroatoms. The van der Waals surface area contributed by atoms with E-state index in [9.17, 15) is 12.8 Å². The van der Waals surface area contributed by atoms with Crippen LogP contribution in [0.15, 0.2) is 18.2 Å². The zero-order chi connectivity index (χ0) is 12.6. The first kappa shape index (κ1) is 13.0. The Morgan fingerprint density at radius 2 is 1.81 bits per heavy atom. The largest absolute Gasteiger partial charge is 0.281 e. The summed E-state index contributed by atoms with van der Waals surface area (Å²) in [5.41, 5.74) is 0.121. The number of hydrogen-bond donors (Lipinski definition) is 1.